The second kappa shape index (κ2) is 9.11. The third-order valence-electron chi connectivity index (χ3n) is 6.32. The lowest BCUT2D eigenvalue weighted by atomic mass is 10.0. The number of rotatable bonds is 6. The first-order valence-corrected chi connectivity index (χ1v) is 12.9. The maximum absolute atomic E-state index is 13.7. The highest BCUT2D eigenvalue weighted by atomic mass is 32.2. The van der Waals surface area contributed by atoms with E-state index in [0.29, 0.717) is 17.2 Å². The third kappa shape index (κ3) is 4.14. The first-order chi connectivity index (χ1) is 16.1. The van der Waals surface area contributed by atoms with Crippen LogP contribution >= 0.6 is 0 Å². The van der Waals surface area contributed by atoms with Crippen LogP contribution in [-0.2, 0) is 21.1 Å². The van der Waals surface area contributed by atoms with Gasteiger partial charge in [0.2, 0.25) is 9.84 Å². The van der Waals surface area contributed by atoms with Crippen molar-refractivity contribution in [3.63, 3.8) is 0 Å². The average molecular weight is 476 g/mol. The summed E-state index contributed by atoms with van der Waals surface area (Å²) in [4.78, 5) is 14.5. The first-order valence-electron chi connectivity index (χ1n) is 11.4. The van der Waals surface area contributed by atoms with Crippen LogP contribution in [0.25, 0.3) is 0 Å². The summed E-state index contributed by atoms with van der Waals surface area (Å²) in [7, 11) is -4.15. The summed E-state index contributed by atoms with van der Waals surface area (Å²) in [5.74, 6) is -1.16. The molecule has 1 amide bonds. The van der Waals surface area contributed by atoms with E-state index in [4.69, 9.17) is 0 Å². The average Bonchev–Trinajstić information content (AvgIpc) is 3.10. The second-order valence-electron chi connectivity index (χ2n) is 8.95. The molecule has 0 radical (unpaired) electrons. The minimum absolute atomic E-state index is 0.0413. The molecule has 0 bridgehead atoms. The van der Waals surface area contributed by atoms with E-state index in [-0.39, 0.29) is 9.80 Å². The van der Waals surface area contributed by atoms with E-state index in [1.165, 1.54) is 17.0 Å². The predicted molar refractivity (Wildman–Crippen MR) is 135 cm³/mol. The van der Waals surface area contributed by atoms with Crippen LogP contribution in [0, 0.1) is 6.92 Å². The Morgan fingerprint density at radius 3 is 2.03 bits per heavy atom. The van der Waals surface area contributed by atoms with Crippen LogP contribution in [0.4, 0.5) is 5.69 Å². The minimum Gasteiger partial charge on any atom is -0.502 e. The number of aliphatic hydroxyl groups is 1. The van der Waals surface area contributed by atoms with Crippen molar-refractivity contribution in [2.24, 2.45) is 0 Å². The molecule has 0 spiro atoms. The number of carbonyl (C=O) groups is 1. The standard InChI is InChI=1S/C28H29NO4S/c1-5-20-8-10-22(11-9-20)25-27(34(32,33)24-16-6-19(4)7-17-24)26(30)28(31)29(25)23-14-12-21(13-15-23)18(2)3/h6-18,25,30H,5H2,1-4H3. The van der Waals surface area contributed by atoms with Gasteiger partial charge in [0.25, 0.3) is 5.91 Å². The van der Waals surface area contributed by atoms with Crippen LogP contribution in [-0.4, -0.2) is 19.4 Å². The normalized spacial score (nSPS) is 16.6. The summed E-state index contributed by atoms with van der Waals surface area (Å²) < 4.78 is 27.5. The van der Waals surface area contributed by atoms with Gasteiger partial charge in [0.05, 0.1) is 4.90 Å². The van der Waals surface area contributed by atoms with Gasteiger partial charge in [0, 0.05) is 5.69 Å². The van der Waals surface area contributed by atoms with Gasteiger partial charge in [0.1, 0.15) is 10.9 Å². The minimum atomic E-state index is -4.15. The van der Waals surface area contributed by atoms with Gasteiger partial charge in [-0.25, -0.2) is 8.42 Å². The highest BCUT2D eigenvalue weighted by Crippen LogP contribution is 2.45. The van der Waals surface area contributed by atoms with Gasteiger partial charge in [-0.3, -0.25) is 9.69 Å². The van der Waals surface area contributed by atoms with E-state index in [0.717, 1.165) is 23.1 Å². The van der Waals surface area contributed by atoms with Crippen molar-refractivity contribution in [3.8, 4) is 0 Å². The quantitative estimate of drug-likeness (QED) is 0.474. The summed E-state index contributed by atoms with van der Waals surface area (Å²) >= 11 is 0. The lowest BCUT2D eigenvalue weighted by Crippen LogP contribution is -2.31. The molecule has 0 aromatic heterocycles. The van der Waals surface area contributed by atoms with E-state index in [1.54, 1.807) is 24.3 Å². The van der Waals surface area contributed by atoms with Gasteiger partial charge < -0.3 is 5.11 Å². The molecule has 0 saturated heterocycles. The Balaban J connectivity index is 1.89. The molecule has 1 aliphatic rings. The monoisotopic (exact) mass is 475 g/mol. The van der Waals surface area contributed by atoms with E-state index in [9.17, 15) is 18.3 Å². The van der Waals surface area contributed by atoms with Gasteiger partial charge >= 0.3 is 0 Å². The molecule has 0 saturated carbocycles. The van der Waals surface area contributed by atoms with Crippen molar-refractivity contribution in [3.05, 3.63) is 106 Å². The molecule has 0 aliphatic carbocycles. The van der Waals surface area contributed by atoms with Crippen molar-refractivity contribution >= 4 is 21.4 Å². The van der Waals surface area contributed by atoms with Crippen LogP contribution in [0.5, 0.6) is 0 Å². The van der Waals surface area contributed by atoms with Gasteiger partial charge in [-0.1, -0.05) is 74.9 Å². The number of benzene rings is 3. The molecule has 4 rings (SSSR count). The van der Waals surface area contributed by atoms with E-state index in [1.807, 2.05) is 50.2 Å². The lowest BCUT2D eigenvalue weighted by Gasteiger charge is -2.27. The molecule has 1 N–H and O–H groups in total. The summed E-state index contributed by atoms with van der Waals surface area (Å²) in [6.07, 6.45) is 0.833. The van der Waals surface area contributed by atoms with Gasteiger partial charge in [0.15, 0.2) is 5.76 Å². The maximum atomic E-state index is 13.7. The molecule has 1 unspecified atom stereocenters. The number of sulfone groups is 1. The molecule has 6 heteroatoms. The number of hydrogen-bond donors (Lipinski definition) is 1. The molecule has 5 nitrogen and oxygen atoms in total. The number of nitrogens with zero attached hydrogens (tertiary/aromatic N) is 1. The first kappa shape index (κ1) is 23.8. The van der Waals surface area contributed by atoms with Crippen molar-refractivity contribution in [2.75, 3.05) is 4.90 Å². The Morgan fingerprint density at radius 1 is 0.912 bits per heavy atom. The maximum Gasteiger partial charge on any atom is 0.295 e. The van der Waals surface area contributed by atoms with Crippen LogP contribution in [0.15, 0.2) is 88.4 Å². The largest absolute Gasteiger partial charge is 0.502 e. The van der Waals surface area contributed by atoms with Gasteiger partial charge in [-0.05, 0) is 60.2 Å². The van der Waals surface area contributed by atoms with Crippen LogP contribution < -0.4 is 4.90 Å². The van der Waals surface area contributed by atoms with Crippen LogP contribution in [0.2, 0.25) is 0 Å². The Bertz CT molecular complexity index is 1340. The lowest BCUT2D eigenvalue weighted by molar-refractivity contribution is -0.117. The van der Waals surface area contributed by atoms with Crippen molar-refractivity contribution in [1.82, 2.24) is 0 Å². The molecule has 176 valence electrons. The van der Waals surface area contributed by atoms with Crippen LogP contribution in [0.3, 0.4) is 0 Å². The topological polar surface area (TPSA) is 74.7 Å². The summed E-state index contributed by atoms with van der Waals surface area (Å²) in [6, 6.07) is 20.4. The van der Waals surface area contributed by atoms with Gasteiger partial charge in [-0.2, -0.15) is 0 Å². The van der Waals surface area contributed by atoms with Crippen LogP contribution in [0.1, 0.15) is 55.0 Å². The number of aliphatic hydroxyl groups excluding tert-OH is 1. The van der Waals surface area contributed by atoms with Crippen molar-refractivity contribution in [2.45, 2.75) is 51.0 Å². The van der Waals surface area contributed by atoms with Crippen molar-refractivity contribution < 1.29 is 18.3 Å². The van der Waals surface area contributed by atoms with E-state index < -0.39 is 27.5 Å². The zero-order valence-corrected chi connectivity index (χ0v) is 20.6. The molecular weight excluding hydrogens is 446 g/mol. The fourth-order valence-electron chi connectivity index (χ4n) is 4.22. The highest BCUT2D eigenvalue weighted by molar-refractivity contribution is 7.95. The smallest absolute Gasteiger partial charge is 0.295 e. The number of anilines is 1. The van der Waals surface area contributed by atoms with E-state index in [2.05, 4.69) is 13.8 Å². The SMILES string of the molecule is CCc1ccc(C2C(S(=O)(=O)c3ccc(C)cc3)=C(O)C(=O)N2c2ccc(C(C)C)cc2)cc1. The summed E-state index contributed by atoms with van der Waals surface area (Å²) in [5, 5.41) is 10.9. The Hall–Kier alpha value is -3.38. The molecule has 3 aromatic rings. The van der Waals surface area contributed by atoms with E-state index >= 15 is 0 Å². The Kier molecular flexibility index (Phi) is 6.36. The molecule has 1 aliphatic heterocycles. The number of amides is 1. The van der Waals surface area contributed by atoms with Gasteiger partial charge in [-0.15, -0.1) is 0 Å². The summed E-state index contributed by atoms with van der Waals surface area (Å²) in [6.45, 7) is 8.06. The van der Waals surface area contributed by atoms with Crippen molar-refractivity contribution in [1.29, 1.82) is 0 Å². The zero-order valence-electron chi connectivity index (χ0n) is 19.8. The number of aryl methyl sites for hydroxylation is 2. The Morgan fingerprint density at radius 2 is 1.50 bits per heavy atom. The fourth-order valence-corrected chi connectivity index (χ4v) is 5.85. The summed E-state index contributed by atoms with van der Waals surface area (Å²) in [5.41, 5.74) is 4.26. The second-order valence-corrected chi connectivity index (χ2v) is 10.9. The predicted octanol–water partition coefficient (Wildman–Crippen LogP) is 6.01. The molecular formula is C28H29NO4S. The molecule has 0 fully saturated rings. The molecule has 1 atom stereocenters. The molecule has 3 aromatic carbocycles. The number of hydrogen-bond acceptors (Lipinski definition) is 4. The third-order valence-corrected chi connectivity index (χ3v) is 8.21. The molecule has 1 heterocycles. The fraction of sp³-hybridized carbons (Fsp3) is 0.250. The molecule has 34 heavy (non-hydrogen) atoms. The Labute approximate surface area is 201 Å². The number of carbonyl (C=O) groups excluding carboxylic acids is 1. The zero-order chi connectivity index (χ0) is 24.6. The highest BCUT2D eigenvalue weighted by Gasteiger charge is 2.47.